The number of hydrogen-bond acceptors (Lipinski definition) is 4. The lowest BCUT2D eigenvalue weighted by Crippen LogP contribution is -2.15. The summed E-state index contributed by atoms with van der Waals surface area (Å²) >= 11 is 0. The van der Waals surface area contributed by atoms with Gasteiger partial charge in [0.25, 0.3) is 0 Å². The van der Waals surface area contributed by atoms with Crippen LogP contribution < -0.4 is 11.5 Å². The second-order valence-electron chi connectivity index (χ2n) is 4.17. The molecule has 0 aliphatic heterocycles. The van der Waals surface area contributed by atoms with Gasteiger partial charge in [0.15, 0.2) is 0 Å². The van der Waals surface area contributed by atoms with Gasteiger partial charge in [0.05, 0.1) is 0 Å². The first-order chi connectivity index (χ1) is 7.58. The van der Waals surface area contributed by atoms with Gasteiger partial charge in [-0.3, -0.25) is 4.79 Å². The van der Waals surface area contributed by atoms with Crippen LogP contribution in [0.1, 0.15) is 31.7 Å². The molecule has 0 aromatic carbocycles. The molecule has 0 amide bonds. The Hall–Kier alpha value is -1.42. The van der Waals surface area contributed by atoms with Crippen molar-refractivity contribution in [3.05, 3.63) is 23.9 Å². The molecule has 0 aliphatic carbocycles. The van der Waals surface area contributed by atoms with E-state index in [0.29, 0.717) is 18.7 Å². The number of rotatable bonds is 6. The van der Waals surface area contributed by atoms with Crippen molar-refractivity contribution in [1.29, 1.82) is 0 Å². The van der Waals surface area contributed by atoms with Crippen molar-refractivity contribution < 1.29 is 4.79 Å². The Morgan fingerprint density at radius 2 is 2.31 bits per heavy atom. The molecule has 0 bridgehead atoms. The maximum absolute atomic E-state index is 11.6. The van der Waals surface area contributed by atoms with Gasteiger partial charge in [-0.25, -0.2) is 4.98 Å². The van der Waals surface area contributed by atoms with Crippen molar-refractivity contribution in [3.8, 4) is 0 Å². The molecule has 16 heavy (non-hydrogen) atoms. The summed E-state index contributed by atoms with van der Waals surface area (Å²) in [6, 6.07) is 3.73. The number of carbonyl (C=O) groups excluding carboxylic acids is 1. The summed E-state index contributed by atoms with van der Waals surface area (Å²) in [7, 11) is 0. The normalized spacial score (nSPS) is 12.4. The van der Waals surface area contributed by atoms with Gasteiger partial charge < -0.3 is 11.5 Å². The average molecular weight is 221 g/mol. The number of carbonyl (C=O) groups is 1. The van der Waals surface area contributed by atoms with Crippen LogP contribution in [-0.4, -0.2) is 16.8 Å². The molecule has 4 N–H and O–H groups in total. The smallest absolute Gasteiger partial charge is 0.137 e. The minimum absolute atomic E-state index is 0.171. The van der Waals surface area contributed by atoms with E-state index in [0.717, 1.165) is 18.4 Å². The van der Waals surface area contributed by atoms with E-state index in [4.69, 9.17) is 11.5 Å². The second-order valence-corrected chi connectivity index (χ2v) is 4.17. The van der Waals surface area contributed by atoms with E-state index < -0.39 is 0 Å². The van der Waals surface area contributed by atoms with Crippen molar-refractivity contribution in [2.24, 2.45) is 5.73 Å². The van der Waals surface area contributed by atoms with Gasteiger partial charge in [0, 0.05) is 25.1 Å². The van der Waals surface area contributed by atoms with Crippen LogP contribution in [0.4, 0.5) is 5.82 Å². The van der Waals surface area contributed by atoms with E-state index in [2.05, 4.69) is 4.98 Å². The third-order valence-electron chi connectivity index (χ3n) is 2.36. The van der Waals surface area contributed by atoms with Crippen LogP contribution >= 0.6 is 0 Å². The topological polar surface area (TPSA) is 82.0 Å². The molecule has 88 valence electrons. The molecular formula is C12H19N3O. The Morgan fingerprint density at radius 1 is 1.56 bits per heavy atom. The van der Waals surface area contributed by atoms with E-state index in [1.807, 2.05) is 13.0 Å². The predicted octanol–water partition coefficient (Wildman–Crippen LogP) is 1.29. The lowest BCUT2D eigenvalue weighted by molar-refractivity contribution is -0.118. The van der Waals surface area contributed by atoms with E-state index in [-0.39, 0.29) is 11.8 Å². The van der Waals surface area contributed by atoms with Crippen molar-refractivity contribution in [2.75, 3.05) is 5.73 Å². The summed E-state index contributed by atoms with van der Waals surface area (Å²) in [5.74, 6) is 0.687. The molecule has 1 aromatic heterocycles. The molecule has 0 aliphatic rings. The summed E-state index contributed by atoms with van der Waals surface area (Å²) in [5.41, 5.74) is 12.1. The minimum atomic E-state index is 0.171. The van der Waals surface area contributed by atoms with E-state index in [1.165, 1.54) is 0 Å². The largest absolute Gasteiger partial charge is 0.384 e. The van der Waals surface area contributed by atoms with E-state index in [9.17, 15) is 4.79 Å². The van der Waals surface area contributed by atoms with Crippen molar-refractivity contribution >= 4 is 11.6 Å². The Bertz CT molecular complexity index is 350. The van der Waals surface area contributed by atoms with Crippen molar-refractivity contribution in [2.45, 2.75) is 38.6 Å². The van der Waals surface area contributed by atoms with Crippen molar-refractivity contribution in [3.63, 3.8) is 0 Å². The molecule has 4 nitrogen and oxygen atoms in total. The number of anilines is 1. The van der Waals surface area contributed by atoms with Crippen LogP contribution in [-0.2, 0) is 11.2 Å². The number of aromatic nitrogens is 1. The zero-order valence-electron chi connectivity index (χ0n) is 9.65. The molecular weight excluding hydrogens is 202 g/mol. The molecule has 0 radical (unpaired) electrons. The highest BCUT2D eigenvalue weighted by molar-refractivity contribution is 5.80. The Balaban J connectivity index is 2.34. The van der Waals surface area contributed by atoms with Crippen LogP contribution in [0.15, 0.2) is 18.3 Å². The van der Waals surface area contributed by atoms with Crippen LogP contribution in [0, 0.1) is 0 Å². The van der Waals surface area contributed by atoms with E-state index in [1.54, 1.807) is 12.3 Å². The monoisotopic (exact) mass is 221 g/mol. The van der Waals surface area contributed by atoms with Crippen LogP contribution in [0.2, 0.25) is 0 Å². The molecule has 0 saturated carbocycles. The highest BCUT2D eigenvalue weighted by Crippen LogP contribution is 2.07. The Labute approximate surface area is 96.0 Å². The third-order valence-corrected chi connectivity index (χ3v) is 2.36. The fourth-order valence-electron chi connectivity index (χ4n) is 1.54. The number of ketones is 1. The van der Waals surface area contributed by atoms with Crippen LogP contribution in [0.25, 0.3) is 0 Å². The molecule has 1 rings (SSSR count). The van der Waals surface area contributed by atoms with Gasteiger partial charge in [-0.15, -0.1) is 0 Å². The quantitative estimate of drug-likeness (QED) is 0.758. The summed E-state index contributed by atoms with van der Waals surface area (Å²) in [5, 5.41) is 0. The Kier molecular flexibility index (Phi) is 4.92. The number of nitrogen functional groups attached to an aromatic ring is 1. The van der Waals surface area contributed by atoms with Gasteiger partial charge in [0.1, 0.15) is 11.6 Å². The summed E-state index contributed by atoms with van der Waals surface area (Å²) in [4.78, 5) is 15.5. The van der Waals surface area contributed by atoms with Crippen LogP contribution in [0.5, 0.6) is 0 Å². The number of Topliss-reactive ketones (excluding diaryl/α,β-unsaturated/α-hetero) is 1. The SMILES string of the molecule is CC(N)CCCC(=O)Cc1ccnc(N)c1. The molecule has 0 saturated heterocycles. The van der Waals surface area contributed by atoms with Gasteiger partial charge in [0.2, 0.25) is 0 Å². The molecule has 1 aromatic rings. The first-order valence-electron chi connectivity index (χ1n) is 5.55. The average Bonchev–Trinajstić information content (AvgIpc) is 2.16. The molecule has 1 unspecified atom stereocenters. The van der Waals surface area contributed by atoms with Gasteiger partial charge >= 0.3 is 0 Å². The Morgan fingerprint density at radius 3 is 2.94 bits per heavy atom. The maximum atomic E-state index is 11.6. The summed E-state index contributed by atoms with van der Waals surface area (Å²) in [6.45, 7) is 1.95. The first-order valence-corrected chi connectivity index (χ1v) is 5.55. The van der Waals surface area contributed by atoms with E-state index >= 15 is 0 Å². The summed E-state index contributed by atoms with van der Waals surface area (Å²) in [6.07, 6.45) is 4.40. The lowest BCUT2D eigenvalue weighted by Gasteiger charge is -2.04. The fourth-order valence-corrected chi connectivity index (χ4v) is 1.54. The molecule has 0 spiro atoms. The van der Waals surface area contributed by atoms with Gasteiger partial charge in [-0.05, 0) is 37.5 Å². The third kappa shape index (κ3) is 4.89. The lowest BCUT2D eigenvalue weighted by atomic mass is 10.0. The fraction of sp³-hybridized carbons (Fsp3) is 0.500. The predicted molar refractivity (Wildman–Crippen MR) is 64.9 cm³/mol. The maximum Gasteiger partial charge on any atom is 0.137 e. The number of pyridine rings is 1. The highest BCUT2D eigenvalue weighted by atomic mass is 16.1. The number of nitrogens with two attached hydrogens (primary N) is 2. The first kappa shape index (κ1) is 12.6. The van der Waals surface area contributed by atoms with Crippen LogP contribution in [0.3, 0.4) is 0 Å². The minimum Gasteiger partial charge on any atom is -0.384 e. The molecule has 1 heterocycles. The number of hydrogen-bond donors (Lipinski definition) is 2. The zero-order valence-corrected chi connectivity index (χ0v) is 9.65. The van der Waals surface area contributed by atoms with Gasteiger partial charge in [-0.2, -0.15) is 0 Å². The molecule has 0 fully saturated rings. The zero-order chi connectivity index (χ0) is 12.0. The molecule has 4 heteroatoms. The standard InChI is InChI=1S/C12H19N3O/c1-9(13)3-2-4-11(16)7-10-5-6-15-12(14)8-10/h5-6,8-9H,2-4,7,13H2,1H3,(H2,14,15). The second kappa shape index (κ2) is 6.23. The molecule has 1 atom stereocenters. The highest BCUT2D eigenvalue weighted by Gasteiger charge is 2.05. The van der Waals surface area contributed by atoms with Crippen molar-refractivity contribution in [1.82, 2.24) is 4.98 Å². The summed E-state index contributed by atoms with van der Waals surface area (Å²) < 4.78 is 0. The van der Waals surface area contributed by atoms with Gasteiger partial charge in [-0.1, -0.05) is 0 Å². The number of nitrogens with zero attached hydrogens (tertiary/aromatic N) is 1.